The van der Waals surface area contributed by atoms with E-state index >= 15 is 0 Å². The topological polar surface area (TPSA) is 67.4 Å². The summed E-state index contributed by atoms with van der Waals surface area (Å²) in [4.78, 5) is 24.5. The van der Waals surface area contributed by atoms with E-state index in [0.29, 0.717) is 43.0 Å². The maximum atomic E-state index is 12.2. The molecule has 0 atom stereocenters. The van der Waals surface area contributed by atoms with Crippen LogP contribution in [0.4, 0.5) is 11.4 Å². The number of rotatable bonds is 8. The van der Waals surface area contributed by atoms with Crippen molar-refractivity contribution in [3.05, 3.63) is 128 Å². The number of carbonyl (C=O) groups is 2. The zero-order valence-electron chi connectivity index (χ0n) is 20.1. The Bertz CT molecular complexity index is 1430. The molecule has 196 valence electrons. The summed E-state index contributed by atoms with van der Waals surface area (Å²) in [6.07, 6.45) is 6.11. The molecule has 5 nitrogen and oxygen atoms in total. The maximum absolute atomic E-state index is 12.2. The first-order valence-electron chi connectivity index (χ1n) is 11.5. The minimum Gasteiger partial charge on any atom is -0.457 e. The van der Waals surface area contributed by atoms with Crippen LogP contribution in [0.25, 0.3) is 12.2 Å². The average Bonchev–Trinajstić information content (AvgIpc) is 2.92. The van der Waals surface area contributed by atoms with Crippen LogP contribution in [0.5, 0.6) is 11.5 Å². The van der Waals surface area contributed by atoms with Crippen LogP contribution in [0.2, 0.25) is 20.1 Å². The van der Waals surface area contributed by atoms with Crippen molar-refractivity contribution in [2.24, 2.45) is 0 Å². The molecule has 0 radical (unpaired) electrons. The van der Waals surface area contributed by atoms with Gasteiger partial charge in [0.15, 0.2) is 0 Å². The molecule has 0 heterocycles. The SMILES string of the molecule is O=C(C=Cc1ccc(Cl)c(Cl)c1)Nc1ccc(Oc2ccc(NC(=O)C=Cc3ccc(Cl)c(Cl)c3)cc2)cc1. The van der Waals surface area contributed by atoms with Gasteiger partial charge >= 0.3 is 0 Å². The van der Waals surface area contributed by atoms with Crippen molar-refractivity contribution >= 4 is 81.7 Å². The number of carbonyl (C=O) groups excluding carboxylic acids is 2. The molecule has 9 heteroatoms. The third-order valence-corrected chi connectivity index (χ3v) is 6.70. The Labute approximate surface area is 245 Å². The van der Waals surface area contributed by atoms with Crippen LogP contribution in [0.15, 0.2) is 97.1 Å². The van der Waals surface area contributed by atoms with Gasteiger partial charge in [0.1, 0.15) is 11.5 Å². The minimum absolute atomic E-state index is 0.292. The van der Waals surface area contributed by atoms with Gasteiger partial charge in [0.2, 0.25) is 11.8 Å². The number of ether oxygens (including phenoxy) is 1. The summed E-state index contributed by atoms with van der Waals surface area (Å²) in [5.74, 6) is 0.583. The number of hydrogen-bond acceptors (Lipinski definition) is 3. The second kappa shape index (κ2) is 13.4. The molecule has 0 saturated carbocycles. The van der Waals surface area contributed by atoms with Gasteiger partial charge in [-0.15, -0.1) is 0 Å². The lowest BCUT2D eigenvalue weighted by atomic mass is 10.2. The molecule has 0 unspecified atom stereocenters. The lowest BCUT2D eigenvalue weighted by molar-refractivity contribution is -0.112. The lowest BCUT2D eigenvalue weighted by Gasteiger charge is -2.08. The summed E-state index contributed by atoms with van der Waals surface area (Å²) in [7, 11) is 0. The quantitative estimate of drug-likeness (QED) is 0.199. The van der Waals surface area contributed by atoms with Crippen molar-refractivity contribution in [2.45, 2.75) is 0 Å². The third kappa shape index (κ3) is 8.63. The molecule has 4 aromatic rings. The summed E-state index contributed by atoms with van der Waals surface area (Å²) < 4.78 is 5.85. The Kier molecular flexibility index (Phi) is 9.69. The van der Waals surface area contributed by atoms with E-state index in [4.69, 9.17) is 51.1 Å². The smallest absolute Gasteiger partial charge is 0.248 e. The highest BCUT2D eigenvalue weighted by Gasteiger charge is 2.04. The number of amides is 2. The van der Waals surface area contributed by atoms with Crippen molar-refractivity contribution in [3.63, 3.8) is 0 Å². The molecule has 0 aliphatic carbocycles. The van der Waals surface area contributed by atoms with Crippen LogP contribution >= 0.6 is 46.4 Å². The van der Waals surface area contributed by atoms with Gasteiger partial charge in [0, 0.05) is 23.5 Å². The summed E-state index contributed by atoms with van der Waals surface area (Å²) in [5.41, 5.74) is 2.73. The fourth-order valence-corrected chi connectivity index (χ4v) is 3.91. The van der Waals surface area contributed by atoms with Crippen LogP contribution < -0.4 is 15.4 Å². The summed E-state index contributed by atoms with van der Waals surface area (Å²) in [6, 6.07) is 24.1. The molecule has 4 aromatic carbocycles. The molecular weight excluding hydrogens is 578 g/mol. The molecule has 0 saturated heterocycles. The number of nitrogens with one attached hydrogen (secondary N) is 2. The maximum Gasteiger partial charge on any atom is 0.248 e. The first kappa shape index (κ1) is 28.3. The molecule has 0 fully saturated rings. The van der Waals surface area contributed by atoms with Gasteiger partial charge in [-0.1, -0.05) is 58.5 Å². The van der Waals surface area contributed by atoms with E-state index in [0.717, 1.165) is 11.1 Å². The molecule has 4 rings (SSSR count). The molecule has 0 spiro atoms. The van der Waals surface area contributed by atoms with Gasteiger partial charge in [-0.2, -0.15) is 0 Å². The van der Waals surface area contributed by atoms with E-state index in [2.05, 4.69) is 10.6 Å². The Morgan fingerprint density at radius 2 is 0.923 bits per heavy atom. The predicted molar refractivity (Wildman–Crippen MR) is 161 cm³/mol. The van der Waals surface area contributed by atoms with Crippen molar-refractivity contribution in [2.75, 3.05) is 10.6 Å². The van der Waals surface area contributed by atoms with Gasteiger partial charge in [0.25, 0.3) is 0 Å². The summed E-state index contributed by atoms with van der Waals surface area (Å²) in [5, 5.41) is 7.31. The van der Waals surface area contributed by atoms with E-state index in [-0.39, 0.29) is 11.8 Å². The van der Waals surface area contributed by atoms with Crippen molar-refractivity contribution in [1.29, 1.82) is 0 Å². The fourth-order valence-electron chi connectivity index (χ4n) is 3.29. The highest BCUT2D eigenvalue weighted by atomic mass is 35.5. The van der Waals surface area contributed by atoms with Crippen molar-refractivity contribution < 1.29 is 14.3 Å². The van der Waals surface area contributed by atoms with Crippen LogP contribution in [0, 0.1) is 0 Å². The van der Waals surface area contributed by atoms with Crippen molar-refractivity contribution in [3.8, 4) is 11.5 Å². The summed E-state index contributed by atoms with van der Waals surface area (Å²) >= 11 is 23.8. The lowest BCUT2D eigenvalue weighted by Crippen LogP contribution is -2.07. The first-order chi connectivity index (χ1) is 18.7. The number of hydrogen-bond donors (Lipinski definition) is 2. The largest absolute Gasteiger partial charge is 0.457 e. The Balaban J connectivity index is 1.27. The summed E-state index contributed by atoms with van der Waals surface area (Å²) in [6.45, 7) is 0. The normalized spacial score (nSPS) is 11.1. The molecule has 0 bridgehead atoms. The zero-order valence-corrected chi connectivity index (χ0v) is 23.2. The monoisotopic (exact) mass is 596 g/mol. The number of halogens is 4. The fraction of sp³-hybridized carbons (Fsp3) is 0. The van der Waals surface area contributed by atoms with Crippen LogP contribution in [0.1, 0.15) is 11.1 Å². The molecule has 2 N–H and O–H groups in total. The molecule has 0 aromatic heterocycles. The van der Waals surface area contributed by atoms with Gasteiger partial charge < -0.3 is 15.4 Å². The van der Waals surface area contributed by atoms with Crippen molar-refractivity contribution in [1.82, 2.24) is 0 Å². The Morgan fingerprint density at radius 3 is 1.28 bits per heavy atom. The van der Waals surface area contributed by atoms with E-state index in [1.165, 1.54) is 12.2 Å². The predicted octanol–water partition coefficient (Wildman–Crippen LogP) is 9.40. The Morgan fingerprint density at radius 1 is 0.538 bits per heavy atom. The molecule has 0 aliphatic rings. The molecular formula is C30H20Cl4N2O3. The van der Waals surface area contributed by atoms with E-state index in [9.17, 15) is 9.59 Å². The first-order valence-corrected chi connectivity index (χ1v) is 13.0. The number of anilines is 2. The van der Waals surface area contributed by atoms with E-state index in [1.807, 2.05) is 0 Å². The van der Waals surface area contributed by atoms with Gasteiger partial charge in [0.05, 0.1) is 20.1 Å². The standard InChI is InChI=1S/C30H20Cl4N2O3/c31-25-13-1-19(17-27(25)33)3-15-29(37)35-21-5-9-23(10-6-21)39-24-11-7-22(8-12-24)36-30(38)16-4-20-2-14-26(32)28(34)18-20/h1-18H,(H,35,37)(H,36,38). The zero-order chi connectivity index (χ0) is 27.8. The number of benzene rings is 4. The minimum atomic E-state index is -0.292. The van der Waals surface area contributed by atoms with Crippen LogP contribution in [0.3, 0.4) is 0 Å². The van der Waals surface area contributed by atoms with Crippen LogP contribution in [-0.2, 0) is 9.59 Å². The second-order valence-corrected chi connectivity index (χ2v) is 9.77. The van der Waals surface area contributed by atoms with Crippen LogP contribution in [-0.4, -0.2) is 11.8 Å². The van der Waals surface area contributed by atoms with Gasteiger partial charge in [-0.25, -0.2) is 0 Å². The molecule has 0 aliphatic heterocycles. The van der Waals surface area contributed by atoms with Gasteiger partial charge in [-0.3, -0.25) is 9.59 Å². The second-order valence-electron chi connectivity index (χ2n) is 8.14. The highest BCUT2D eigenvalue weighted by Crippen LogP contribution is 2.26. The molecule has 39 heavy (non-hydrogen) atoms. The molecule has 2 amide bonds. The van der Waals surface area contributed by atoms with Gasteiger partial charge in [-0.05, 0) is 96.1 Å². The average molecular weight is 598 g/mol. The van der Waals surface area contributed by atoms with E-state index < -0.39 is 0 Å². The van der Waals surface area contributed by atoms with E-state index in [1.54, 1.807) is 97.1 Å². The highest BCUT2D eigenvalue weighted by molar-refractivity contribution is 6.42. The third-order valence-electron chi connectivity index (χ3n) is 5.22. The Hall–Kier alpha value is -3.74.